The second-order valence-electron chi connectivity index (χ2n) is 5.69. The third-order valence-electron chi connectivity index (χ3n) is 3.60. The van der Waals surface area contributed by atoms with Crippen LogP contribution in [0.3, 0.4) is 0 Å². The molecule has 0 aromatic heterocycles. The van der Waals surface area contributed by atoms with E-state index < -0.39 is 13.5 Å². The summed E-state index contributed by atoms with van der Waals surface area (Å²) in [4.78, 5) is 26.4. The number of carbonyl (C=O) groups is 2. The number of imide groups is 1. The number of amides is 2. The van der Waals surface area contributed by atoms with Gasteiger partial charge in [0.1, 0.15) is 0 Å². The van der Waals surface area contributed by atoms with Crippen LogP contribution in [0.5, 0.6) is 5.75 Å². The van der Waals surface area contributed by atoms with Gasteiger partial charge in [0.05, 0.1) is 0 Å². The predicted molar refractivity (Wildman–Crippen MR) is 96.7 cm³/mol. The normalized spacial score (nSPS) is 14.0. The molecule has 1 heterocycles. The Balaban J connectivity index is 2.06. The second kappa shape index (κ2) is 7.37. The molecule has 25 heavy (non-hydrogen) atoms. The zero-order valence-corrected chi connectivity index (χ0v) is 16.7. The topological polar surface area (TPSA) is 46.6 Å². The first-order valence-corrected chi connectivity index (χ1v) is 13.0. The molecule has 7 heteroatoms. The summed E-state index contributed by atoms with van der Waals surface area (Å²) in [7, 11) is 12.0. The summed E-state index contributed by atoms with van der Waals surface area (Å²) in [5, 5.41) is 0. The maximum atomic E-state index is 12.6. The van der Waals surface area contributed by atoms with Gasteiger partial charge >= 0.3 is 159 Å². The maximum absolute atomic E-state index is 12.6. The summed E-state index contributed by atoms with van der Waals surface area (Å²) >= 11 is -2.11. The Morgan fingerprint density at radius 3 is 2.16 bits per heavy atom. The van der Waals surface area contributed by atoms with Crippen LogP contribution < -0.4 is 9.64 Å². The molecule has 4 nitrogen and oxygen atoms in total. The van der Waals surface area contributed by atoms with Crippen molar-refractivity contribution in [3.05, 3.63) is 59.2 Å². The summed E-state index contributed by atoms with van der Waals surface area (Å²) < 4.78 is 7.51. The van der Waals surface area contributed by atoms with Crippen molar-refractivity contribution >= 4 is 41.5 Å². The van der Waals surface area contributed by atoms with Crippen LogP contribution in [0.1, 0.15) is 40.1 Å². The van der Waals surface area contributed by atoms with Crippen LogP contribution in [0.2, 0.25) is 0 Å². The van der Waals surface area contributed by atoms with Crippen molar-refractivity contribution in [2.24, 2.45) is 0 Å². The standard InChI is InChI=1S/C18H15NO3.2ClH.Ru/c1-11(2)22-16-9-8-13(10-12(16)3)19-17(20)14-6-4-5-7-15(14)18(19)21;;;/h3-11H,1-2H3;2*1H;/q;;;+2/p-2. The summed E-state index contributed by atoms with van der Waals surface area (Å²) in [6, 6.07) is 11.9. The fourth-order valence-corrected chi connectivity index (χ4v) is 4.41. The van der Waals surface area contributed by atoms with E-state index in [9.17, 15) is 9.59 Å². The molecule has 0 unspecified atom stereocenters. The molecule has 0 radical (unpaired) electrons. The molecule has 0 saturated carbocycles. The van der Waals surface area contributed by atoms with E-state index in [2.05, 4.69) is 0 Å². The van der Waals surface area contributed by atoms with Gasteiger partial charge in [-0.3, -0.25) is 0 Å². The van der Waals surface area contributed by atoms with Gasteiger partial charge in [-0.15, -0.1) is 0 Å². The van der Waals surface area contributed by atoms with Gasteiger partial charge in [0.15, 0.2) is 0 Å². The van der Waals surface area contributed by atoms with E-state index in [-0.39, 0.29) is 17.9 Å². The van der Waals surface area contributed by atoms with Gasteiger partial charge in [-0.25, -0.2) is 0 Å². The summed E-state index contributed by atoms with van der Waals surface area (Å²) in [5.41, 5.74) is 1.97. The fourth-order valence-electron chi connectivity index (χ4n) is 2.62. The Kier molecular flexibility index (Phi) is 5.38. The quantitative estimate of drug-likeness (QED) is 0.499. The minimum absolute atomic E-state index is 0.0244. The molecule has 3 rings (SSSR count). The van der Waals surface area contributed by atoms with Crippen LogP contribution in [0, 0.1) is 0 Å². The zero-order valence-electron chi connectivity index (χ0n) is 13.5. The fraction of sp³-hybridized carbons (Fsp3) is 0.167. The third-order valence-corrected chi connectivity index (χ3v) is 5.43. The second-order valence-corrected chi connectivity index (χ2v) is 11.4. The zero-order chi connectivity index (χ0) is 18.1. The Bertz CT molecular complexity index is 857. The minimum atomic E-state index is -2.11. The summed E-state index contributed by atoms with van der Waals surface area (Å²) in [5.74, 6) is -0.0552. The Labute approximate surface area is 158 Å². The van der Waals surface area contributed by atoms with E-state index in [1.165, 1.54) is 4.90 Å². The van der Waals surface area contributed by atoms with Crippen LogP contribution in [0.15, 0.2) is 42.5 Å². The molecule has 1 aliphatic rings. The number of hydrogen-bond acceptors (Lipinski definition) is 3. The van der Waals surface area contributed by atoms with E-state index in [0.717, 1.165) is 0 Å². The van der Waals surface area contributed by atoms with Gasteiger partial charge < -0.3 is 0 Å². The molecular formula is C18H15Cl2NO3Ru. The molecule has 0 aliphatic carbocycles. The molecule has 1 aliphatic heterocycles. The molecule has 0 atom stereocenters. The van der Waals surface area contributed by atoms with Crippen molar-refractivity contribution in [3.8, 4) is 5.75 Å². The van der Waals surface area contributed by atoms with Crippen molar-refractivity contribution in [2.75, 3.05) is 4.90 Å². The Morgan fingerprint density at radius 1 is 1.04 bits per heavy atom. The average molecular weight is 465 g/mol. The van der Waals surface area contributed by atoms with E-state index in [1.807, 2.05) is 13.8 Å². The molecule has 2 aromatic rings. The molecule has 0 spiro atoms. The van der Waals surface area contributed by atoms with E-state index >= 15 is 0 Å². The van der Waals surface area contributed by atoms with Gasteiger partial charge in [0.2, 0.25) is 0 Å². The van der Waals surface area contributed by atoms with E-state index in [4.69, 9.17) is 24.1 Å². The van der Waals surface area contributed by atoms with Crippen LogP contribution in [0.4, 0.5) is 5.69 Å². The Hall–Kier alpha value is -1.55. The molecule has 0 fully saturated rings. The number of benzene rings is 2. The van der Waals surface area contributed by atoms with Crippen LogP contribution in [0.25, 0.3) is 0 Å². The molecule has 2 aromatic carbocycles. The number of carbonyl (C=O) groups excluding carboxylic acids is 2. The van der Waals surface area contributed by atoms with Crippen molar-refractivity contribution in [2.45, 2.75) is 20.0 Å². The van der Waals surface area contributed by atoms with Gasteiger partial charge in [-0.05, 0) is 0 Å². The van der Waals surface area contributed by atoms with Crippen molar-refractivity contribution in [1.82, 2.24) is 0 Å². The first kappa shape index (κ1) is 18.3. The third kappa shape index (κ3) is 3.69. The van der Waals surface area contributed by atoms with Crippen molar-refractivity contribution < 1.29 is 27.8 Å². The number of hydrogen-bond donors (Lipinski definition) is 0. The van der Waals surface area contributed by atoms with Crippen molar-refractivity contribution in [1.29, 1.82) is 0 Å². The first-order valence-electron chi connectivity index (χ1n) is 7.50. The predicted octanol–water partition coefficient (Wildman–Crippen LogP) is 4.35. The number of fused-ring (bicyclic) bond motifs is 1. The average Bonchev–Trinajstić information content (AvgIpc) is 2.80. The van der Waals surface area contributed by atoms with Crippen LogP contribution >= 0.6 is 19.4 Å². The molecular weight excluding hydrogens is 450 g/mol. The van der Waals surface area contributed by atoms with Gasteiger partial charge in [-0.1, -0.05) is 0 Å². The monoisotopic (exact) mass is 465 g/mol. The van der Waals surface area contributed by atoms with Gasteiger partial charge in [0.25, 0.3) is 0 Å². The summed E-state index contributed by atoms with van der Waals surface area (Å²) in [6.45, 7) is 3.83. The first-order chi connectivity index (χ1) is 11.9. The van der Waals surface area contributed by atoms with Crippen LogP contribution in [-0.2, 0) is 13.5 Å². The number of rotatable bonds is 4. The van der Waals surface area contributed by atoms with Crippen molar-refractivity contribution in [3.63, 3.8) is 0 Å². The molecule has 132 valence electrons. The van der Waals surface area contributed by atoms with Crippen LogP contribution in [-0.4, -0.2) is 22.5 Å². The van der Waals surface area contributed by atoms with Gasteiger partial charge in [-0.2, -0.15) is 0 Å². The number of nitrogens with zero attached hydrogens (tertiary/aromatic N) is 1. The number of halogens is 2. The number of ether oxygens (including phenoxy) is 1. The molecule has 2 amide bonds. The molecule has 0 bridgehead atoms. The van der Waals surface area contributed by atoms with E-state index in [0.29, 0.717) is 28.1 Å². The van der Waals surface area contributed by atoms with E-state index in [1.54, 1.807) is 47.1 Å². The SMILES string of the molecule is CC(C)Oc1ccc(N2C(=O)c3ccccc3C2=O)cc1[CH]=[Ru]([Cl])[Cl]. The van der Waals surface area contributed by atoms with Gasteiger partial charge in [0, 0.05) is 0 Å². The number of anilines is 1. The molecule has 0 saturated heterocycles. The summed E-state index contributed by atoms with van der Waals surface area (Å²) in [6.07, 6.45) is -0.0244. The Morgan fingerprint density at radius 2 is 1.64 bits per heavy atom. The molecule has 0 N–H and O–H groups in total.